The molecule has 0 bridgehead atoms. The second kappa shape index (κ2) is 4.68. The highest BCUT2D eigenvalue weighted by Gasteiger charge is 2.20. The molecule has 1 nitrogen and oxygen atoms in total. The molecule has 102 valence electrons. The monoisotopic (exact) mass is 290 g/mol. The van der Waals surface area contributed by atoms with Crippen LogP contribution in [0, 0.1) is 6.92 Å². The Morgan fingerprint density at radius 1 is 0.857 bits per heavy atom. The Balaban J connectivity index is 2.22. The van der Waals surface area contributed by atoms with E-state index < -0.39 is 0 Å². The van der Waals surface area contributed by atoms with Gasteiger partial charge in [0, 0.05) is 26.4 Å². The summed E-state index contributed by atoms with van der Waals surface area (Å²) in [7, 11) is 2.13. The van der Waals surface area contributed by atoms with E-state index in [9.17, 15) is 0 Å². The predicted molar refractivity (Wildman–Crippen MR) is 90.7 cm³/mol. The number of rotatable bonds is 1. The van der Waals surface area contributed by atoms with Gasteiger partial charge in [-0.05, 0) is 24.6 Å². The van der Waals surface area contributed by atoms with E-state index in [4.69, 9.17) is 0 Å². The second-order valence-corrected chi connectivity index (χ2v) is 6.51. The summed E-state index contributed by atoms with van der Waals surface area (Å²) in [5.41, 5.74) is 3.94. The van der Waals surface area contributed by atoms with Gasteiger partial charge in [-0.15, -0.1) is 11.3 Å². The highest BCUT2D eigenvalue weighted by Crippen LogP contribution is 2.38. The Kier molecular flexibility index (Phi) is 2.79. The molecule has 2 aromatic carbocycles. The summed E-state index contributed by atoms with van der Waals surface area (Å²) in [6.07, 6.45) is 2.17. The first-order valence-electron chi connectivity index (χ1n) is 7.11. The molecule has 0 atom stereocenters. The molecule has 21 heavy (non-hydrogen) atoms. The van der Waals surface area contributed by atoms with Crippen molar-refractivity contribution in [3.63, 3.8) is 0 Å². The van der Waals surface area contributed by atoms with Gasteiger partial charge in [-0.3, -0.25) is 0 Å². The standard InChI is InChI=1S/C19H16NS/c1-13-7-3-4-8-14(13)19-18-15-9-5-6-10-16(15)21-17(18)11-12-20(19)2/h3-12H,1-2H3/q+1. The average Bonchev–Trinajstić information content (AvgIpc) is 2.87. The van der Waals surface area contributed by atoms with Crippen LogP contribution < -0.4 is 4.57 Å². The Bertz CT molecular complexity index is 966. The molecule has 2 aromatic heterocycles. The van der Waals surface area contributed by atoms with Crippen LogP contribution >= 0.6 is 11.3 Å². The third-order valence-electron chi connectivity index (χ3n) is 4.06. The number of fused-ring (bicyclic) bond motifs is 3. The first kappa shape index (κ1) is 12.5. The van der Waals surface area contributed by atoms with Crippen molar-refractivity contribution in [2.75, 3.05) is 0 Å². The topological polar surface area (TPSA) is 3.88 Å². The fourth-order valence-electron chi connectivity index (χ4n) is 3.02. The van der Waals surface area contributed by atoms with Gasteiger partial charge in [-0.2, -0.15) is 0 Å². The highest BCUT2D eigenvalue weighted by molar-refractivity contribution is 7.25. The van der Waals surface area contributed by atoms with Crippen molar-refractivity contribution < 1.29 is 4.57 Å². The zero-order valence-electron chi connectivity index (χ0n) is 12.1. The summed E-state index contributed by atoms with van der Waals surface area (Å²) in [5.74, 6) is 0. The molecule has 0 radical (unpaired) electrons. The van der Waals surface area contributed by atoms with Crippen LogP contribution in [-0.2, 0) is 7.05 Å². The molecule has 0 fully saturated rings. The predicted octanol–water partition coefficient (Wildman–Crippen LogP) is 4.85. The lowest BCUT2D eigenvalue weighted by molar-refractivity contribution is -0.659. The number of pyridine rings is 1. The quantitative estimate of drug-likeness (QED) is 0.441. The minimum absolute atomic E-state index is 1.31. The summed E-state index contributed by atoms with van der Waals surface area (Å²) in [6, 6.07) is 19.5. The number of thiophene rings is 1. The molecule has 2 heteroatoms. The molecule has 0 aliphatic rings. The van der Waals surface area contributed by atoms with E-state index in [0.29, 0.717) is 0 Å². The van der Waals surface area contributed by atoms with Gasteiger partial charge >= 0.3 is 0 Å². The zero-order chi connectivity index (χ0) is 14.4. The van der Waals surface area contributed by atoms with Crippen LogP contribution in [0.2, 0.25) is 0 Å². The molecule has 0 aliphatic carbocycles. The van der Waals surface area contributed by atoms with Gasteiger partial charge < -0.3 is 0 Å². The molecule has 0 saturated heterocycles. The smallest absolute Gasteiger partial charge is 0.200 e. The fourth-order valence-corrected chi connectivity index (χ4v) is 4.12. The molecular weight excluding hydrogens is 274 g/mol. The Labute approximate surface area is 128 Å². The number of hydrogen-bond acceptors (Lipinski definition) is 1. The summed E-state index contributed by atoms with van der Waals surface area (Å²) in [5, 5.41) is 2.72. The van der Waals surface area contributed by atoms with Crippen LogP contribution in [0.15, 0.2) is 60.8 Å². The normalized spacial score (nSPS) is 11.3. The highest BCUT2D eigenvalue weighted by atomic mass is 32.1. The molecule has 0 spiro atoms. The average molecular weight is 290 g/mol. The summed E-state index contributed by atoms with van der Waals surface area (Å²) in [4.78, 5) is 0. The first-order chi connectivity index (χ1) is 10.3. The largest absolute Gasteiger partial charge is 0.221 e. The maximum absolute atomic E-state index is 2.24. The number of hydrogen-bond donors (Lipinski definition) is 0. The minimum Gasteiger partial charge on any atom is -0.200 e. The van der Waals surface area contributed by atoms with Gasteiger partial charge in [0.05, 0.1) is 5.39 Å². The lowest BCUT2D eigenvalue weighted by Gasteiger charge is -2.05. The molecule has 0 saturated carbocycles. The number of aryl methyl sites for hydroxylation is 2. The Morgan fingerprint density at radius 2 is 1.62 bits per heavy atom. The van der Waals surface area contributed by atoms with Gasteiger partial charge in [0.15, 0.2) is 6.20 Å². The Morgan fingerprint density at radius 3 is 2.48 bits per heavy atom. The fraction of sp³-hybridized carbons (Fsp3) is 0.105. The van der Waals surface area contributed by atoms with Crippen molar-refractivity contribution in [1.29, 1.82) is 0 Å². The molecular formula is C19H16NS+. The van der Waals surface area contributed by atoms with Crippen molar-refractivity contribution in [2.45, 2.75) is 6.92 Å². The van der Waals surface area contributed by atoms with Crippen LogP contribution in [0.25, 0.3) is 31.4 Å². The van der Waals surface area contributed by atoms with Crippen LogP contribution in [0.5, 0.6) is 0 Å². The molecule has 0 aliphatic heterocycles. The van der Waals surface area contributed by atoms with Gasteiger partial charge in [0.2, 0.25) is 5.69 Å². The number of aromatic nitrogens is 1. The summed E-state index contributed by atoms with van der Waals surface area (Å²) in [6.45, 7) is 2.18. The van der Waals surface area contributed by atoms with Crippen LogP contribution in [0.4, 0.5) is 0 Å². The van der Waals surface area contributed by atoms with E-state index in [1.807, 2.05) is 11.3 Å². The maximum Gasteiger partial charge on any atom is 0.221 e. The third kappa shape index (κ3) is 1.87. The Hall–Kier alpha value is -2.19. The van der Waals surface area contributed by atoms with Gasteiger partial charge in [-0.25, -0.2) is 4.57 Å². The van der Waals surface area contributed by atoms with E-state index in [-0.39, 0.29) is 0 Å². The maximum atomic E-state index is 2.24. The van der Waals surface area contributed by atoms with Crippen LogP contribution in [-0.4, -0.2) is 0 Å². The van der Waals surface area contributed by atoms with E-state index in [1.165, 1.54) is 37.0 Å². The molecule has 0 N–H and O–H groups in total. The first-order valence-corrected chi connectivity index (χ1v) is 7.93. The molecule has 2 heterocycles. The van der Waals surface area contributed by atoms with E-state index >= 15 is 0 Å². The van der Waals surface area contributed by atoms with E-state index in [0.717, 1.165) is 0 Å². The van der Waals surface area contributed by atoms with Gasteiger partial charge in [-0.1, -0.05) is 36.4 Å². The van der Waals surface area contributed by atoms with Crippen molar-refractivity contribution in [2.24, 2.45) is 7.05 Å². The minimum atomic E-state index is 1.31. The molecule has 0 amide bonds. The van der Waals surface area contributed by atoms with Crippen molar-refractivity contribution in [1.82, 2.24) is 0 Å². The summed E-state index contributed by atoms with van der Waals surface area (Å²) < 4.78 is 4.95. The molecule has 4 aromatic rings. The van der Waals surface area contributed by atoms with E-state index in [1.54, 1.807) is 0 Å². The lowest BCUT2D eigenvalue weighted by Crippen LogP contribution is -2.30. The summed E-state index contributed by atoms with van der Waals surface area (Å²) >= 11 is 1.87. The second-order valence-electron chi connectivity index (χ2n) is 5.43. The zero-order valence-corrected chi connectivity index (χ0v) is 12.9. The number of benzene rings is 2. The third-order valence-corrected chi connectivity index (χ3v) is 5.20. The van der Waals surface area contributed by atoms with Crippen LogP contribution in [0.1, 0.15) is 5.56 Å². The molecule has 4 rings (SSSR count). The SMILES string of the molecule is Cc1ccccc1-c1c2c(cc[n+]1C)sc1ccccc12. The lowest BCUT2D eigenvalue weighted by atomic mass is 10.0. The van der Waals surface area contributed by atoms with Crippen LogP contribution in [0.3, 0.4) is 0 Å². The van der Waals surface area contributed by atoms with Crippen molar-refractivity contribution in [3.05, 3.63) is 66.4 Å². The van der Waals surface area contributed by atoms with Gasteiger partial charge in [0.1, 0.15) is 7.05 Å². The molecule has 0 unspecified atom stereocenters. The number of nitrogens with zero attached hydrogens (tertiary/aromatic N) is 1. The van der Waals surface area contributed by atoms with Crippen molar-refractivity contribution in [3.8, 4) is 11.3 Å². The van der Waals surface area contributed by atoms with Crippen molar-refractivity contribution >= 4 is 31.5 Å². The van der Waals surface area contributed by atoms with Gasteiger partial charge in [0.25, 0.3) is 0 Å². The van der Waals surface area contributed by atoms with E-state index in [2.05, 4.69) is 79.3 Å².